The van der Waals surface area contributed by atoms with Crippen LogP contribution in [0.4, 0.5) is 11.4 Å². The standard InChI is InChI=1S/C31H46N4O6/c1-22-18-24(38-3)19-23(2)30(22)32-28(36)10-7-12-34-14-9-15-35(17-16-34)13-8-11-29(37)33-31-26(40-5)20-25(39-4)21-27(31)41-6/h18-21H,7-17H2,1-6H3,(H,32,36)(H,33,37). The number of anilines is 2. The second kappa shape index (κ2) is 16.1. The summed E-state index contributed by atoms with van der Waals surface area (Å²) in [4.78, 5) is 30.2. The molecule has 1 fully saturated rings. The molecular formula is C31H46N4O6. The summed E-state index contributed by atoms with van der Waals surface area (Å²) in [5.41, 5.74) is 3.38. The van der Waals surface area contributed by atoms with Crippen LogP contribution in [0.2, 0.25) is 0 Å². The van der Waals surface area contributed by atoms with Crippen molar-refractivity contribution in [1.82, 2.24) is 9.80 Å². The number of hydrogen-bond acceptors (Lipinski definition) is 8. The highest BCUT2D eigenvalue weighted by atomic mass is 16.5. The average Bonchev–Trinajstić information content (AvgIpc) is 3.19. The molecule has 2 N–H and O–H groups in total. The van der Waals surface area contributed by atoms with Crippen LogP contribution in [0, 0.1) is 13.8 Å². The van der Waals surface area contributed by atoms with Crippen molar-refractivity contribution in [3.63, 3.8) is 0 Å². The smallest absolute Gasteiger partial charge is 0.224 e. The number of benzene rings is 2. The zero-order valence-corrected chi connectivity index (χ0v) is 25.4. The first-order valence-electron chi connectivity index (χ1n) is 14.3. The van der Waals surface area contributed by atoms with Crippen LogP contribution in [-0.2, 0) is 9.59 Å². The van der Waals surface area contributed by atoms with E-state index in [2.05, 4.69) is 20.4 Å². The third-order valence-electron chi connectivity index (χ3n) is 7.42. The van der Waals surface area contributed by atoms with Crippen molar-refractivity contribution in [3.05, 3.63) is 35.4 Å². The maximum atomic E-state index is 12.7. The summed E-state index contributed by atoms with van der Waals surface area (Å²) in [5, 5.41) is 6.02. The first-order valence-corrected chi connectivity index (χ1v) is 14.3. The Bertz CT molecular complexity index is 1120. The van der Waals surface area contributed by atoms with Gasteiger partial charge < -0.3 is 39.4 Å². The van der Waals surface area contributed by atoms with Gasteiger partial charge in [0, 0.05) is 43.8 Å². The number of carbonyl (C=O) groups is 2. The van der Waals surface area contributed by atoms with Gasteiger partial charge in [-0.05, 0) is 82.5 Å². The summed E-state index contributed by atoms with van der Waals surface area (Å²) in [5.74, 6) is 2.33. The van der Waals surface area contributed by atoms with Gasteiger partial charge in [0.2, 0.25) is 11.8 Å². The molecule has 0 bridgehead atoms. The summed E-state index contributed by atoms with van der Waals surface area (Å²) < 4.78 is 21.4. The molecule has 1 saturated heterocycles. The fourth-order valence-corrected chi connectivity index (χ4v) is 5.17. The number of amides is 2. The number of nitrogens with one attached hydrogen (secondary N) is 2. The molecule has 0 saturated carbocycles. The predicted octanol–water partition coefficient (Wildman–Crippen LogP) is 4.48. The lowest BCUT2D eigenvalue weighted by atomic mass is 10.1. The minimum atomic E-state index is -0.0819. The van der Waals surface area contributed by atoms with Gasteiger partial charge in [0.05, 0.1) is 28.4 Å². The van der Waals surface area contributed by atoms with Crippen molar-refractivity contribution in [2.75, 3.05) is 78.3 Å². The number of aryl methyl sites for hydroxylation is 2. The molecule has 1 heterocycles. The van der Waals surface area contributed by atoms with E-state index in [1.165, 1.54) is 0 Å². The van der Waals surface area contributed by atoms with Crippen LogP contribution in [-0.4, -0.2) is 89.3 Å². The van der Waals surface area contributed by atoms with Gasteiger partial charge in [-0.1, -0.05) is 0 Å². The van der Waals surface area contributed by atoms with Gasteiger partial charge in [0.1, 0.15) is 28.7 Å². The Labute approximate surface area is 244 Å². The Morgan fingerprint density at radius 2 is 1.10 bits per heavy atom. The molecule has 226 valence electrons. The minimum absolute atomic E-state index is 0.0426. The summed E-state index contributed by atoms with van der Waals surface area (Å²) in [6.07, 6.45) is 3.54. The SMILES string of the molecule is COc1cc(C)c(NC(=O)CCCN2CCCN(CCCC(=O)Nc3c(OC)cc(OC)cc3OC)CC2)c(C)c1. The molecule has 2 aromatic rings. The van der Waals surface area contributed by atoms with Crippen LogP contribution < -0.4 is 29.6 Å². The largest absolute Gasteiger partial charge is 0.497 e. The minimum Gasteiger partial charge on any atom is -0.497 e. The average molecular weight is 571 g/mol. The second-order valence-corrected chi connectivity index (χ2v) is 10.4. The summed E-state index contributed by atoms with van der Waals surface area (Å²) in [6, 6.07) is 7.31. The number of nitrogens with zero attached hydrogens (tertiary/aromatic N) is 2. The van der Waals surface area contributed by atoms with Gasteiger partial charge in [-0.3, -0.25) is 9.59 Å². The second-order valence-electron chi connectivity index (χ2n) is 10.4. The van der Waals surface area contributed by atoms with Crippen LogP contribution >= 0.6 is 0 Å². The van der Waals surface area contributed by atoms with E-state index in [0.29, 0.717) is 35.8 Å². The van der Waals surface area contributed by atoms with Crippen LogP contribution in [0.1, 0.15) is 43.2 Å². The van der Waals surface area contributed by atoms with Crippen molar-refractivity contribution in [3.8, 4) is 23.0 Å². The van der Waals surface area contributed by atoms with Crippen LogP contribution in [0.5, 0.6) is 23.0 Å². The topological polar surface area (TPSA) is 102 Å². The van der Waals surface area contributed by atoms with E-state index in [1.807, 2.05) is 26.0 Å². The summed E-state index contributed by atoms with van der Waals surface area (Å²) in [6.45, 7) is 9.67. The molecule has 10 heteroatoms. The number of rotatable bonds is 14. The Kier molecular flexibility index (Phi) is 12.6. The Balaban J connectivity index is 1.37. The van der Waals surface area contributed by atoms with Crippen LogP contribution in [0.3, 0.4) is 0 Å². The van der Waals surface area contributed by atoms with E-state index in [0.717, 1.165) is 81.1 Å². The molecule has 0 spiro atoms. The molecule has 1 aliphatic heterocycles. The molecule has 0 atom stereocenters. The molecule has 41 heavy (non-hydrogen) atoms. The maximum absolute atomic E-state index is 12.7. The lowest BCUT2D eigenvalue weighted by Gasteiger charge is -2.22. The normalized spacial score (nSPS) is 14.2. The zero-order valence-electron chi connectivity index (χ0n) is 25.4. The van der Waals surface area contributed by atoms with Crippen molar-refractivity contribution in [2.24, 2.45) is 0 Å². The highest BCUT2D eigenvalue weighted by Gasteiger charge is 2.18. The van der Waals surface area contributed by atoms with Crippen molar-refractivity contribution in [1.29, 1.82) is 0 Å². The van der Waals surface area contributed by atoms with E-state index in [4.69, 9.17) is 18.9 Å². The number of ether oxygens (including phenoxy) is 4. The molecule has 2 amide bonds. The van der Waals surface area contributed by atoms with E-state index >= 15 is 0 Å². The highest BCUT2D eigenvalue weighted by Crippen LogP contribution is 2.39. The predicted molar refractivity (Wildman–Crippen MR) is 162 cm³/mol. The molecule has 0 aliphatic carbocycles. The molecular weight excluding hydrogens is 524 g/mol. The van der Waals surface area contributed by atoms with Gasteiger partial charge >= 0.3 is 0 Å². The number of methoxy groups -OCH3 is 4. The first-order chi connectivity index (χ1) is 19.8. The van der Waals surface area contributed by atoms with Crippen molar-refractivity contribution >= 4 is 23.2 Å². The summed E-state index contributed by atoms with van der Waals surface area (Å²) >= 11 is 0. The Hall–Kier alpha value is -3.50. The Morgan fingerprint density at radius 1 is 0.659 bits per heavy atom. The maximum Gasteiger partial charge on any atom is 0.224 e. The zero-order chi connectivity index (χ0) is 29.8. The molecule has 0 unspecified atom stereocenters. The first kappa shape index (κ1) is 32.0. The van der Waals surface area contributed by atoms with Crippen LogP contribution in [0.25, 0.3) is 0 Å². The fourth-order valence-electron chi connectivity index (χ4n) is 5.17. The lowest BCUT2D eigenvalue weighted by molar-refractivity contribution is -0.117. The summed E-state index contributed by atoms with van der Waals surface area (Å²) in [7, 11) is 6.31. The fraction of sp³-hybridized carbons (Fsp3) is 0.548. The van der Waals surface area contributed by atoms with Gasteiger partial charge in [-0.25, -0.2) is 0 Å². The molecule has 0 aromatic heterocycles. The van der Waals surface area contributed by atoms with Gasteiger partial charge in [-0.2, -0.15) is 0 Å². The van der Waals surface area contributed by atoms with Gasteiger partial charge in [0.25, 0.3) is 0 Å². The van der Waals surface area contributed by atoms with E-state index in [1.54, 1.807) is 40.6 Å². The Morgan fingerprint density at radius 3 is 1.54 bits per heavy atom. The van der Waals surface area contributed by atoms with E-state index < -0.39 is 0 Å². The molecule has 0 radical (unpaired) electrons. The highest BCUT2D eigenvalue weighted by molar-refractivity contribution is 5.94. The third kappa shape index (κ3) is 9.54. The molecule has 1 aliphatic rings. The monoisotopic (exact) mass is 570 g/mol. The van der Waals surface area contributed by atoms with Crippen LogP contribution in [0.15, 0.2) is 24.3 Å². The quantitative estimate of drug-likeness (QED) is 0.343. The van der Waals surface area contributed by atoms with Crippen molar-refractivity contribution in [2.45, 2.75) is 46.0 Å². The lowest BCUT2D eigenvalue weighted by Crippen LogP contribution is -2.32. The van der Waals surface area contributed by atoms with Crippen molar-refractivity contribution < 1.29 is 28.5 Å². The molecule has 10 nitrogen and oxygen atoms in total. The van der Waals surface area contributed by atoms with E-state index in [9.17, 15) is 9.59 Å². The van der Waals surface area contributed by atoms with E-state index in [-0.39, 0.29) is 11.8 Å². The van der Waals surface area contributed by atoms with Gasteiger partial charge in [0.15, 0.2) is 0 Å². The third-order valence-corrected chi connectivity index (χ3v) is 7.42. The molecule has 3 rings (SSSR count). The number of carbonyl (C=O) groups excluding carboxylic acids is 2. The number of hydrogen-bond donors (Lipinski definition) is 2. The molecule has 2 aromatic carbocycles. The van der Waals surface area contributed by atoms with Gasteiger partial charge in [-0.15, -0.1) is 0 Å².